The first-order valence-corrected chi connectivity index (χ1v) is 8.82. The third-order valence-corrected chi connectivity index (χ3v) is 3.46. The largest absolute Gasteiger partial charge is 0.396 e. The lowest BCUT2D eigenvalue weighted by Crippen LogP contribution is -2.45. The Labute approximate surface area is 144 Å². The number of aliphatic hydroxyl groups excluding tert-OH is 2. The van der Waals surface area contributed by atoms with Crippen LogP contribution in [0.4, 0.5) is 0 Å². The molecule has 142 valence electrons. The Hall–Kier alpha value is -0.200. The van der Waals surface area contributed by atoms with Crippen LogP contribution >= 0.6 is 0 Å². The third kappa shape index (κ3) is 15.1. The molecule has 0 heterocycles. The van der Waals surface area contributed by atoms with Gasteiger partial charge in [0.05, 0.1) is 23.9 Å². The maximum Gasteiger partial charge on any atom is 0.0855 e. The summed E-state index contributed by atoms with van der Waals surface area (Å²) >= 11 is 0. The fourth-order valence-corrected chi connectivity index (χ4v) is 1.95. The third-order valence-electron chi connectivity index (χ3n) is 3.46. The predicted octanol–water partition coefficient (Wildman–Crippen LogP) is 2.69. The lowest BCUT2D eigenvalue weighted by molar-refractivity contribution is -0.115. The quantitative estimate of drug-likeness (QED) is 0.574. The van der Waals surface area contributed by atoms with Gasteiger partial charge in [0, 0.05) is 33.4 Å². The Morgan fingerprint density at radius 1 is 1.04 bits per heavy atom. The van der Waals surface area contributed by atoms with Crippen molar-refractivity contribution in [3.05, 3.63) is 0 Å². The highest BCUT2D eigenvalue weighted by atomic mass is 16.5. The van der Waals surface area contributed by atoms with E-state index in [1.165, 1.54) is 0 Å². The van der Waals surface area contributed by atoms with Crippen LogP contribution in [-0.4, -0.2) is 72.4 Å². The lowest BCUT2D eigenvalue weighted by Gasteiger charge is -2.35. The maximum absolute atomic E-state index is 9.44. The van der Waals surface area contributed by atoms with Crippen molar-refractivity contribution < 1.29 is 19.7 Å². The van der Waals surface area contributed by atoms with Crippen LogP contribution in [0.2, 0.25) is 0 Å². The van der Waals surface area contributed by atoms with Gasteiger partial charge in [-0.15, -0.1) is 0 Å². The van der Waals surface area contributed by atoms with E-state index in [0.29, 0.717) is 6.61 Å². The minimum Gasteiger partial charge on any atom is -0.396 e. The summed E-state index contributed by atoms with van der Waals surface area (Å²) in [4.78, 5) is 2.24. The standard InChI is InChI=1S/C16H35NO4.C2H6/c1-14(19)8-10-17(9-7-11-18)12-15(2,3)21-13-16(4,5)20-6;1-2/h14,18-19H,7-13H2,1-6H3;1-2H3. The van der Waals surface area contributed by atoms with Crippen LogP contribution in [0.5, 0.6) is 0 Å². The summed E-state index contributed by atoms with van der Waals surface area (Å²) in [7, 11) is 1.69. The van der Waals surface area contributed by atoms with Crippen molar-refractivity contribution in [2.45, 2.75) is 78.6 Å². The van der Waals surface area contributed by atoms with E-state index in [4.69, 9.17) is 14.6 Å². The number of hydrogen-bond donors (Lipinski definition) is 2. The van der Waals surface area contributed by atoms with E-state index in [1.54, 1.807) is 14.0 Å². The van der Waals surface area contributed by atoms with Crippen LogP contribution in [0.1, 0.15) is 61.3 Å². The molecule has 0 rings (SSSR count). The molecule has 0 aromatic rings. The number of rotatable bonds is 12. The van der Waals surface area contributed by atoms with Gasteiger partial charge in [0.25, 0.3) is 0 Å². The molecule has 1 atom stereocenters. The second kappa shape index (κ2) is 13.1. The smallest absolute Gasteiger partial charge is 0.0855 e. The number of ether oxygens (including phenoxy) is 2. The van der Waals surface area contributed by atoms with E-state index in [2.05, 4.69) is 18.7 Å². The lowest BCUT2D eigenvalue weighted by atomic mass is 10.1. The van der Waals surface area contributed by atoms with Gasteiger partial charge < -0.3 is 24.6 Å². The molecule has 0 saturated heterocycles. The Bertz CT molecular complexity index is 268. The molecule has 0 aliphatic heterocycles. The van der Waals surface area contributed by atoms with Crippen molar-refractivity contribution in [3.63, 3.8) is 0 Å². The second-order valence-corrected chi connectivity index (χ2v) is 7.00. The van der Waals surface area contributed by atoms with Gasteiger partial charge in [0.1, 0.15) is 0 Å². The first kappa shape index (κ1) is 25.0. The van der Waals surface area contributed by atoms with E-state index in [0.717, 1.165) is 32.5 Å². The van der Waals surface area contributed by atoms with Crippen LogP contribution in [0, 0.1) is 0 Å². The fourth-order valence-electron chi connectivity index (χ4n) is 1.95. The van der Waals surface area contributed by atoms with Crippen molar-refractivity contribution in [2.24, 2.45) is 0 Å². The molecule has 0 aromatic heterocycles. The van der Waals surface area contributed by atoms with Gasteiger partial charge in [-0.05, 0) is 47.5 Å². The molecule has 5 nitrogen and oxygen atoms in total. The molecule has 1 unspecified atom stereocenters. The van der Waals surface area contributed by atoms with Crippen LogP contribution in [0.25, 0.3) is 0 Å². The average molecular weight is 336 g/mol. The van der Waals surface area contributed by atoms with Crippen molar-refractivity contribution in [3.8, 4) is 0 Å². The van der Waals surface area contributed by atoms with Crippen molar-refractivity contribution in [2.75, 3.05) is 40.0 Å². The van der Waals surface area contributed by atoms with E-state index >= 15 is 0 Å². The Balaban J connectivity index is 0. The Kier molecular flexibility index (Phi) is 14.3. The fraction of sp³-hybridized carbons (Fsp3) is 1.00. The molecular weight excluding hydrogens is 294 g/mol. The summed E-state index contributed by atoms with van der Waals surface area (Å²) in [5.41, 5.74) is -0.600. The van der Waals surface area contributed by atoms with E-state index < -0.39 is 0 Å². The van der Waals surface area contributed by atoms with Crippen LogP contribution in [-0.2, 0) is 9.47 Å². The van der Waals surface area contributed by atoms with E-state index in [1.807, 2.05) is 27.7 Å². The second-order valence-electron chi connectivity index (χ2n) is 7.00. The van der Waals surface area contributed by atoms with Crippen molar-refractivity contribution in [1.29, 1.82) is 0 Å². The summed E-state index contributed by atoms with van der Waals surface area (Å²) in [5, 5.41) is 18.5. The molecule has 0 saturated carbocycles. The van der Waals surface area contributed by atoms with Gasteiger partial charge in [0.2, 0.25) is 0 Å². The normalized spacial score (nSPS) is 13.7. The van der Waals surface area contributed by atoms with Gasteiger partial charge in [-0.25, -0.2) is 0 Å². The van der Waals surface area contributed by atoms with Crippen molar-refractivity contribution in [1.82, 2.24) is 4.90 Å². The number of methoxy groups -OCH3 is 1. The summed E-state index contributed by atoms with van der Waals surface area (Å²) in [6, 6.07) is 0. The molecule has 0 aromatic carbocycles. The molecule has 0 fully saturated rings. The minimum absolute atomic E-state index is 0.184. The summed E-state index contributed by atoms with van der Waals surface area (Å²) < 4.78 is 11.4. The molecule has 0 spiro atoms. The zero-order valence-electron chi connectivity index (χ0n) is 16.7. The molecule has 0 bridgehead atoms. The maximum atomic E-state index is 9.44. The Morgan fingerprint density at radius 2 is 1.61 bits per heavy atom. The zero-order chi connectivity index (χ0) is 18.5. The molecule has 23 heavy (non-hydrogen) atoms. The summed E-state index contributed by atoms with van der Waals surface area (Å²) in [5.74, 6) is 0. The molecule has 5 heteroatoms. The van der Waals surface area contributed by atoms with Crippen molar-refractivity contribution >= 4 is 0 Å². The highest BCUT2D eigenvalue weighted by Gasteiger charge is 2.26. The monoisotopic (exact) mass is 335 g/mol. The number of nitrogens with zero attached hydrogens (tertiary/aromatic N) is 1. The first-order valence-electron chi connectivity index (χ1n) is 8.82. The van der Waals surface area contributed by atoms with Crippen LogP contribution < -0.4 is 0 Å². The highest BCUT2D eigenvalue weighted by molar-refractivity contribution is 4.78. The average Bonchev–Trinajstić information content (AvgIpc) is 2.50. The van der Waals surface area contributed by atoms with Gasteiger partial charge >= 0.3 is 0 Å². The zero-order valence-corrected chi connectivity index (χ0v) is 16.7. The minimum atomic E-state index is -0.307. The molecule has 0 aliphatic rings. The molecular formula is C18H41NO4. The molecule has 2 N–H and O–H groups in total. The van der Waals surface area contributed by atoms with Crippen LogP contribution in [0.15, 0.2) is 0 Å². The highest BCUT2D eigenvalue weighted by Crippen LogP contribution is 2.17. The topological polar surface area (TPSA) is 62.2 Å². The summed E-state index contributed by atoms with van der Waals surface area (Å²) in [6.45, 7) is 17.0. The van der Waals surface area contributed by atoms with E-state index in [9.17, 15) is 5.11 Å². The van der Waals surface area contributed by atoms with Crippen LogP contribution in [0.3, 0.4) is 0 Å². The Morgan fingerprint density at radius 3 is 2.04 bits per heavy atom. The molecule has 0 aliphatic carbocycles. The summed E-state index contributed by atoms with van der Waals surface area (Å²) in [6.07, 6.45) is 1.16. The number of aliphatic hydroxyl groups is 2. The molecule has 0 amide bonds. The predicted molar refractivity (Wildman–Crippen MR) is 96.9 cm³/mol. The van der Waals surface area contributed by atoms with E-state index in [-0.39, 0.29) is 23.9 Å². The van der Waals surface area contributed by atoms with Gasteiger partial charge in [-0.1, -0.05) is 13.8 Å². The SMILES string of the molecule is CC.COC(C)(C)COC(C)(C)CN(CCCO)CCC(C)O. The molecule has 0 radical (unpaired) electrons. The number of hydrogen-bond acceptors (Lipinski definition) is 5. The van der Waals surface area contributed by atoms with Gasteiger partial charge in [-0.2, -0.15) is 0 Å². The van der Waals surface area contributed by atoms with Gasteiger partial charge in [0.15, 0.2) is 0 Å². The first-order chi connectivity index (χ1) is 10.6. The van der Waals surface area contributed by atoms with Gasteiger partial charge in [-0.3, -0.25) is 0 Å².